The molecule has 0 amide bonds. The maximum Gasteiger partial charge on any atom is 0.341 e. The Morgan fingerprint density at radius 3 is 2.30 bits per heavy atom. The molecule has 1 N–H and O–H groups in total. The van der Waals surface area contributed by atoms with Gasteiger partial charge in [0.05, 0.1) is 17.1 Å². The van der Waals surface area contributed by atoms with Crippen molar-refractivity contribution in [2.75, 3.05) is 13.7 Å². The van der Waals surface area contributed by atoms with Crippen LogP contribution in [0.25, 0.3) is 11.1 Å². The number of esters is 1. The van der Waals surface area contributed by atoms with E-state index < -0.39 is 21.8 Å². The van der Waals surface area contributed by atoms with Gasteiger partial charge in [0.25, 0.3) is 0 Å². The number of carbonyl (C=O) groups excluding carboxylic acids is 1. The van der Waals surface area contributed by atoms with Gasteiger partial charge in [0, 0.05) is 0 Å². The molecule has 0 unspecified atom stereocenters. The van der Waals surface area contributed by atoms with Gasteiger partial charge in [-0.3, -0.25) is 0 Å². The maximum atomic E-state index is 13.7. The van der Waals surface area contributed by atoms with Crippen molar-refractivity contribution in [3.8, 4) is 11.1 Å². The minimum Gasteiger partial charge on any atom is -0.462 e. The lowest BCUT2D eigenvalue weighted by Crippen LogP contribution is -2.18. The number of carbonyl (C=O) groups is 1. The van der Waals surface area contributed by atoms with Crippen LogP contribution in [0.15, 0.2) is 47.4 Å². The van der Waals surface area contributed by atoms with Gasteiger partial charge >= 0.3 is 5.97 Å². The van der Waals surface area contributed by atoms with E-state index in [1.807, 2.05) is 0 Å². The summed E-state index contributed by atoms with van der Waals surface area (Å²) in [7, 11) is -2.19. The summed E-state index contributed by atoms with van der Waals surface area (Å²) in [5.74, 6) is -1.40. The summed E-state index contributed by atoms with van der Waals surface area (Å²) in [4.78, 5) is 11.8. The summed E-state index contributed by atoms with van der Waals surface area (Å²) in [6.07, 6.45) is 0. The Kier molecular flexibility index (Phi) is 5.12. The molecular weight excluding hydrogens is 321 g/mol. The van der Waals surface area contributed by atoms with Crippen molar-refractivity contribution in [3.05, 3.63) is 53.8 Å². The normalized spacial score (nSPS) is 11.3. The molecule has 0 bridgehead atoms. The molecule has 0 atom stereocenters. The van der Waals surface area contributed by atoms with Gasteiger partial charge in [-0.1, -0.05) is 18.2 Å². The maximum absolute atomic E-state index is 13.7. The Balaban J connectivity index is 2.39. The minimum atomic E-state index is -3.52. The molecule has 122 valence electrons. The number of ether oxygens (including phenoxy) is 1. The number of sulfonamides is 1. The van der Waals surface area contributed by atoms with Crippen molar-refractivity contribution >= 4 is 16.0 Å². The molecule has 0 aliphatic carbocycles. The Morgan fingerprint density at radius 2 is 1.74 bits per heavy atom. The third kappa shape index (κ3) is 3.75. The minimum absolute atomic E-state index is 0.122. The molecule has 0 aliphatic rings. The van der Waals surface area contributed by atoms with E-state index >= 15 is 0 Å². The van der Waals surface area contributed by atoms with Crippen LogP contribution in [0.4, 0.5) is 4.39 Å². The van der Waals surface area contributed by atoms with Crippen LogP contribution in [-0.2, 0) is 14.8 Å². The van der Waals surface area contributed by atoms with E-state index in [-0.39, 0.29) is 17.1 Å². The van der Waals surface area contributed by atoms with Gasteiger partial charge in [0.1, 0.15) is 5.82 Å². The molecule has 23 heavy (non-hydrogen) atoms. The van der Waals surface area contributed by atoms with Gasteiger partial charge in [0.2, 0.25) is 10.0 Å². The zero-order valence-electron chi connectivity index (χ0n) is 12.7. The largest absolute Gasteiger partial charge is 0.462 e. The molecule has 0 aromatic heterocycles. The summed E-state index contributed by atoms with van der Waals surface area (Å²) >= 11 is 0. The lowest BCUT2D eigenvalue weighted by molar-refractivity contribution is 0.0521. The van der Waals surface area contributed by atoms with Gasteiger partial charge in [-0.05, 0) is 49.4 Å². The fourth-order valence-corrected chi connectivity index (χ4v) is 2.74. The third-order valence-electron chi connectivity index (χ3n) is 3.23. The highest BCUT2D eigenvalue weighted by molar-refractivity contribution is 7.89. The predicted octanol–water partition coefficient (Wildman–Crippen LogP) is 2.58. The number of hydrogen-bond donors (Lipinski definition) is 1. The van der Waals surface area contributed by atoms with Crippen LogP contribution < -0.4 is 4.72 Å². The molecule has 0 heterocycles. The molecule has 2 aromatic rings. The van der Waals surface area contributed by atoms with E-state index in [2.05, 4.69) is 4.72 Å². The van der Waals surface area contributed by atoms with Crippen LogP contribution in [0.2, 0.25) is 0 Å². The molecule has 2 rings (SSSR count). The molecule has 0 radical (unpaired) electrons. The average molecular weight is 337 g/mol. The molecule has 0 spiro atoms. The number of halogens is 1. The molecule has 0 saturated carbocycles. The third-order valence-corrected chi connectivity index (χ3v) is 4.66. The van der Waals surface area contributed by atoms with Gasteiger partial charge in [-0.25, -0.2) is 22.3 Å². The highest BCUT2D eigenvalue weighted by atomic mass is 32.2. The van der Waals surface area contributed by atoms with E-state index in [0.29, 0.717) is 11.1 Å². The topological polar surface area (TPSA) is 72.5 Å². The molecular formula is C16H16FNO4S. The smallest absolute Gasteiger partial charge is 0.341 e. The quantitative estimate of drug-likeness (QED) is 0.851. The monoisotopic (exact) mass is 337 g/mol. The highest BCUT2D eigenvalue weighted by Crippen LogP contribution is 2.24. The van der Waals surface area contributed by atoms with Crippen LogP contribution in [0.3, 0.4) is 0 Å². The number of rotatable bonds is 5. The standard InChI is InChI=1S/C16H16FNO4S/c1-3-22-16(19)14-10-12(6-9-15(14)17)11-4-7-13(8-5-11)23(20,21)18-2/h4-10,18H,3H2,1-2H3. The first-order valence-corrected chi connectivity index (χ1v) is 8.38. The molecule has 5 nitrogen and oxygen atoms in total. The van der Waals surface area contributed by atoms with Crippen LogP contribution >= 0.6 is 0 Å². The highest BCUT2D eigenvalue weighted by Gasteiger charge is 2.15. The van der Waals surface area contributed by atoms with E-state index in [1.54, 1.807) is 19.1 Å². The summed E-state index contributed by atoms with van der Waals surface area (Å²) in [6.45, 7) is 1.79. The second-order valence-corrected chi connectivity index (χ2v) is 6.53. The summed E-state index contributed by atoms with van der Waals surface area (Å²) in [6, 6.07) is 10.1. The van der Waals surface area contributed by atoms with E-state index in [1.165, 1.54) is 37.4 Å². The molecule has 0 fully saturated rings. The van der Waals surface area contributed by atoms with Crippen molar-refractivity contribution in [2.24, 2.45) is 0 Å². The Bertz CT molecular complexity index is 816. The van der Waals surface area contributed by atoms with Crippen molar-refractivity contribution in [3.63, 3.8) is 0 Å². The van der Waals surface area contributed by atoms with E-state index in [9.17, 15) is 17.6 Å². The Labute approximate surface area is 134 Å². The van der Waals surface area contributed by atoms with Crippen LogP contribution in [-0.4, -0.2) is 28.0 Å². The van der Waals surface area contributed by atoms with Crippen LogP contribution in [0.5, 0.6) is 0 Å². The molecule has 7 heteroatoms. The van der Waals surface area contributed by atoms with Crippen LogP contribution in [0.1, 0.15) is 17.3 Å². The van der Waals surface area contributed by atoms with Gasteiger partial charge in [-0.2, -0.15) is 0 Å². The van der Waals surface area contributed by atoms with E-state index in [0.717, 1.165) is 0 Å². The van der Waals surface area contributed by atoms with Gasteiger partial charge < -0.3 is 4.74 Å². The van der Waals surface area contributed by atoms with Crippen molar-refractivity contribution in [2.45, 2.75) is 11.8 Å². The fourth-order valence-electron chi connectivity index (χ4n) is 2.01. The molecule has 2 aromatic carbocycles. The lowest BCUT2D eigenvalue weighted by Gasteiger charge is -2.08. The number of hydrogen-bond acceptors (Lipinski definition) is 4. The summed E-state index contributed by atoms with van der Waals surface area (Å²) < 4.78 is 44.1. The first kappa shape index (κ1) is 17.1. The number of nitrogens with one attached hydrogen (secondary N) is 1. The first-order valence-electron chi connectivity index (χ1n) is 6.89. The zero-order valence-corrected chi connectivity index (χ0v) is 13.5. The van der Waals surface area contributed by atoms with Crippen LogP contribution in [0, 0.1) is 5.82 Å². The van der Waals surface area contributed by atoms with E-state index in [4.69, 9.17) is 4.74 Å². The molecule has 0 saturated heterocycles. The SMILES string of the molecule is CCOC(=O)c1cc(-c2ccc(S(=O)(=O)NC)cc2)ccc1F. The Morgan fingerprint density at radius 1 is 1.13 bits per heavy atom. The molecule has 0 aliphatic heterocycles. The number of benzene rings is 2. The van der Waals surface area contributed by atoms with Crippen molar-refractivity contribution < 1.29 is 22.3 Å². The summed E-state index contributed by atoms with van der Waals surface area (Å²) in [5.41, 5.74) is 1.09. The van der Waals surface area contributed by atoms with Crippen molar-refractivity contribution in [1.29, 1.82) is 0 Å². The second kappa shape index (κ2) is 6.89. The van der Waals surface area contributed by atoms with Crippen molar-refractivity contribution in [1.82, 2.24) is 4.72 Å². The lowest BCUT2D eigenvalue weighted by atomic mass is 10.0. The summed E-state index contributed by atoms with van der Waals surface area (Å²) in [5, 5.41) is 0. The predicted molar refractivity (Wildman–Crippen MR) is 84.0 cm³/mol. The first-order chi connectivity index (χ1) is 10.9. The average Bonchev–Trinajstić information content (AvgIpc) is 2.55. The fraction of sp³-hybridized carbons (Fsp3) is 0.188. The second-order valence-electron chi connectivity index (χ2n) is 4.65. The van der Waals surface area contributed by atoms with Gasteiger partial charge in [0.15, 0.2) is 0 Å². The zero-order chi connectivity index (χ0) is 17.0. The van der Waals surface area contributed by atoms with Gasteiger partial charge in [-0.15, -0.1) is 0 Å². The Hall–Kier alpha value is -2.25.